The zero-order valence-electron chi connectivity index (χ0n) is 10.3. The topological polar surface area (TPSA) is 47.3 Å². The van der Waals surface area contributed by atoms with Crippen molar-refractivity contribution in [2.45, 2.75) is 19.6 Å². The molecular formula is C13H15BrN2O2. The van der Waals surface area contributed by atoms with Crippen molar-refractivity contribution in [3.05, 3.63) is 46.5 Å². The molecule has 1 aromatic heterocycles. The fourth-order valence-corrected chi connectivity index (χ4v) is 2.03. The van der Waals surface area contributed by atoms with E-state index in [1.807, 2.05) is 29.8 Å². The van der Waals surface area contributed by atoms with Crippen LogP contribution in [0.2, 0.25) is 0 Å². The summed E-state index contributed by atoms with van der Waals surface area (Å²) in [5, 5.41) is 9.72. The molecular weight excluding hydrogens is 296 g/mol. The lowest BCUT2D eigenvalue weighted by atomic mass is 10.1. The minimum Gasteiger partial charge on any atom is -0.487 e. The highest BCUT2D eigenvalue weighted by Gasteiger charge is 2.10. The average molecular weight is 311 g/mol. The molecule has 18 heavy (non-hydrogen) atoms. The number of imidazole rings is 1. The molecule has 0 radical (unpaired) electrons. The van der Waals surface area contributed by atoms with E-state index in [-0.39, 0.29) is 0 Å². The largest absolute Gasteiger partial charge is 0.487 e. The number of rotatable bonds is 4. The van der Waals surface area contributed by atoms with E-state index in [2.05, 4.69) is 20.9 Å². The maximum Gasteiger partial charge on any atom is 0.130 e. The van der Waals surface area contributed by atoms with Gasteiger partial charge in [0.25, 0.3) is 0 Å². The molecule has 0 aliphatic heterocycles. The fourth-order valence-electron chi connectivity index (χ4n) is 1.65. The Bertz CT molecular complexity index is 538. The van der Waals surface area contributed by atoms with Gasteiger partial charge >= 0.3 is 0 Å². The first-order valence-electron chi connectivity index (χ1n) is 5.63. The molecule has 0 unspecified atom stereocenters. The molecule has 0 aliphatic carbocycles. The summed E-state index contributed by atoms with van der Waals surface area (Å²) in [6.07, 6.45) is 2.93. The first-order valence-corrected chi connectivity index (χ1v) is 6.42. The maximum atomic E-state index is 9.72. The lowest BCUT2D eigenvalue weighted by Crippen LogP contribution is -2.04. The molecule has 2 aromatic rings. The van der Waals surface area contributed by atoms with Gasteiger partial charge in [0.2, 0.25) is 0 Å². The molecule has 1 aromatic carbocycles. The van der Waals surface area contributed by atoms with E-state index < -0.39 is 6.10 Å². The first-order chi connectivity index (χ1) is 8.58. The monoisotopic (exact) mass is 310 g/mol. The normalized spacial score (nSPS) is 12.4. The summed E-state index contributed by atoms with van der Waals surface area (Å²) in [6.45, 7) is 2.15. The van der Waals surface area contributed by atoms with Crippen LogP contribution in [-0.4, -0.2) is 14.7 Å². The molecule has 0 fully saturated rings. The molecule has 0 aliphatic rings. The van der Waals surface area contributed by atoms with Gasteiger partial charge in [-0.2, -0.15) is 0 Å². The van der Waals surface area contributed by atoms with E-state index in [9.17, 15) is 5.11 Å². The number of halogens is 1. The van der Waals surface area contributed by atoms with Crippen LogP contribution in [0.15, 0.2) is 35.2 Å². The quantitative estimate of drug-likeness (QED) is 0.944. The van der Waals surface area contributed by atoms with Crippen molar-refractivity contribution in [1.29, 1.82) is 0 Å². The predicted molar refractivity (Wildman–Crippen MR) is 72.3 cm³/mol. The summed E-state index contributed by atoms with van der Waals surface area (Å²) in [4.78, 5) is 4.03. The van der Waals surface area contributed by atoms with Crippen LogP contribution in [-0.2, 0) is 13.7 Å². The molecule has 96 valence electrons. The van der Waals surface area contributed by atoms with Gasteiger partial charge in [-0.15, -0.1) is 0 Å². The minimum atomic E-state index is -0.566. The van der Waals surface area contributed by atoms with E-state index in [4.69, 9.17) is 4.74 Å². The highest BCUT2D eigenvalue weighted by atomic mass is 79.9. The van der Waals surface area contributed by atoms with Crippen molar-refractivity contribution in [2.75, 3.05) is 0 Å². The second-order valence-electron chi connectivity index (χ2n) is 4.14. The first kappa shape index (κ1) is 13.1. The zero-order valence-corrected chi connectivity index (χ0v) is 11.9. The Labute approximate surface area is 114 Å². The van der Waals surface area contributed by atoms with Gasteiger partial charge in [-0.05, 0) is 25.1 Å². The summed E-state index contributed by atoms with van der Waals surface area (Å²) in [6, 6.07) is 5.61. The number of ether oxygens (including phenoxy) is 1. The van der Waals surface area contributed by atoms with Gasteiger partial charge in [0.15, 0.2) is 0 Å². The van der Waals surface area contributed by atoms with Gasteiger partial charge in [-0.3, -0.25) is 0 Å². The van der Waals surface area contributed by atoms with Gasteiger partial charge in [0.05, 0.1) is 24.3 Å². The number of aliphatic hydroxyl groups is 1. The van der Waals surface area contributed by atoms with Crippen molar-refractivity contribution < 1.29 is 9.84 Å². The van der Waals surface area contributed by atoms with Crippen molar-refractivity contribution in [3.8, 4) is 5.75 Å². The van der Waals surface area contributed by atoms with Crippen LogP contribution < -0.4 is 4.74 Å². The van der Waals surface area contributed by atoms with Crippen LogP contribution in [0.5, 0.6) is 5.75 Å². The van der Waals surface area contributed by atoms with Crippen molar-refractivity contribution in [1.82, 2.24) is 9.55 Å². The van der Waals surface area contributed by atoms with Gasteiger partial charge in [-0.25, -0.2) is 4.98 Å². The predicted octanol–water partition coefficient (Wildman–Crippen LogP) is 2.81. The molecule has 1 atom stereocenters. The second-order valence-corrected chi connectivity index (χ2v) is 5.06. The van der Waals surface area contributed by atoms with E-state index in [0.717, 1.165) is 15.7 Å². The number of aryl methyl sites for hydroxylation is 1. The number of benzene rings is 1. The van der Waals surface area contributed by atoms with Gasteiger partial charge in [0.1, 0.15) is 12.4 Å². The lowest BCUT2D eigenvalue weighted by Gasteiger charge is -2.14. The number of aromatic nitrogens is 2. The summed E-state index contributed by atoms with van der Waals surface area (Å²) in [5.41, 5.74) is 1.75. The average Bonchev–Trinajstić information content (AvgIpc) is 2.73. The molecule has 0 saturated heterocycles. The lowest BCUT2D eigenvalue weighted by molar-refractivity contribution is 0.189. The smallest absolute Gasteiger partial charge is 0.130 e. The molecule has 5 heteroatoms. The van der Waals surface area contributed by atoms with Crippen LogP contribution in [0.25, 0.3) is 0 Å². The summed E-state index contributed by atoms with van der Waals surface area (Å²) in [5.74, 6) is 0.689. The third-order valence-electron chi connectivity index (χ3n) is 2.71. The Morgan fingerprint density at radius 3 is 2.89 bits per heavy atom. The Hall–Kier alpha value is -1.33. The number of nitrogens with zero attached hydrogens (tertiary/aromatic N) is 2. The van der Waals surface area contributed by atoms with Crippen LogP contribution in [0.1, 0.15) is 24.3 Å². The Morgan fingerprint density at radius 1 is 1.50 bits per heavy atom. The van der Waals surface area contributed by atoms with Gasteiger partial charge in [0, 0.05) is 17.1 Å². The molecule has 2 rings (SSSR count). The SMILES string of the molecule is C[C@@H](O)c1cc(Br)ccc1OCc1cncn1C. The Morgan fingerprint density at radius 2 is 2.28 bits per heavy atom. The summed E-state index contributed by atoms with van der Waals surface area (Å²) >= 11 is 3.39. The fraction of sp³-hybridized carbons (Fsp3) is 0.308. The van der Waals surface area contributed by atoms with Crippen LogP contribution >= 0.6 is 15.9 Å². The molecule has 0 saturated carbocycles. The van der Waals surface area contributed by atoms with E-state index in [1.54, 1.807) is 19.4 Å². The van der Waals surface area contributed by atoms with E-state index in [0.29, 0.717) is 12.4 Å². The Balaban J connectivity index is 2.16. The maximum absolute atomic E-state index is 9.72. The van der Waals surface area contributed by atoms with Gasteiger partial charge < -0.3 is 14.4 Å². The third-order valence-corrected chi connectivity index (χ3v) is 3.21. The molecule has 1 N–H and O–H groups in total. The van der Waals surface area contributed by atoms with E-state index >= 15 is 0 Å². The second kappa shape index (κ2) is 5.54. The van der Waals surface area contributed by atoms with Crippen molar-refractivity contribution >= 4 is 15.9 Å². The highest BCUT2D eigenvalue weighted by Crippen LogP contribution is 2.29. The zero-order chi connectivity index (χ0) is 13.1. The van der Waals surface area contributed by atoms with Gasteiger partial charge in [-0.1, -0.05) is 15.9 Å². The molecule has 0 amide bonds. The molecule has 1 heterocycles. The summed E-state index contributed by atoms with van der Waals surface area (Å²) < 4.78 is 8.56. The standard InChI is InChI=1S/C13H15BrN2O2/c1-9(17)12-5-10(14)3-4-13(12)18-7-11-6-15-8-16(11)2/h3-6,8-9,17H,7H2,1-2H3/t9-/m1/s1. The third kappa shape index (κ3) is 2.91. The number of hydrogen-bond acceptors (Lipinski definition) is 3. The van der Waals surface area contributed by atoms with Crippen LogP contribution in [0.4, 0.5) is 0 Å². The number of hydrogen-bond donors (Lipinski definition) is 1. The molecule has 0 spiro atoms. The highest BCUT2D eigenvalue weighted by molar-refractivity contribution is 9.10. The molecule has 0 bridgehead atoms. The van der Waals surface area contributed by atoms with Crippen molar-refractivity contribution in [3.63, 3.8) is 0 Å². The van der Waals surface area contributed by atoms with Crippen LogP contribution in [0.3, 0.4) is 0 Å². The number of aliphatic hydroxyl groups excluding tert-OH is 1. The minimum absolute atomic E-state index is 0.428. The van der Waals surface area contributed by atoms with E-state index in [1.165, 1.54) is 0 Å². The van der Waals surface area contributed by atoms with Crippen molar-refractivity contribution in [2.24, 2.45) is 7.05 Å². The Kier molecular flexibility index (Phi) is 4.04. The summed E-state index contributed by atoms with van der Waals surface area (Å²) in [7, 11) is 1.92. The van der Waals surface area contributed by atoms with Crippen LogP contribution in [0, 0.1) is 0 Å². The molecule has 4 nitrogen and oxygen atoms in total.